The Balaban J connectivity index is 1.58. The minimum Gasteiger partial charge on any atom is -0.379 e. The molecular formula is C20H18N6OS. The lowest BCUT2D eigenvalue weighted by Crippen LogP contribution is -2.29. The average molecular weight is 390 g/mol. The Labute approximate surface area is 166 Å². The standard InChI is InChI=1S/C20H18N6OS/c1-3-14-11-26-12-15(23-10-18(26)24-14)16(27)8-13-4-6-22-17(9-13)20(2)5-7-28-19(21)25-20/h1,4,6,9-12H,5,7-8H2,2H3,(H2,21,25)/t20-/m0/s1. The molecule has 3 aromatic rings. The molecule has 1 atom stereocenters. The summed E-state index contributed by atoms with van der Waals surface area (Å²) in [5.41, 5.74) is 8.58. The summed E-state index contributed by atoms with van der Waals surface area (Å²) in [6, 6.07) is 3.76. The van der Waals surface area contributed by atoms with E-state index in [1.165, 1.54) is 0 Å². The van der Waals surface area contributed by atoms with Crippen molar-refractivity contribution in [1.29, 1.82) is 0 Å². The maximum Gasteiger partial charge on any atom is 0.187 e. The van der Waals surface area contributed by atoms with Crippen molar-refractivity contribution in [3.63, 3.8) is 0 Å². The van der Waals surface area contributed by atoms with E-state index in [-0.39, 0.29) is 12.2 Å². The molecule has 0 radical (unpaired) electrons. The molecule has 0 aliphatic carbocycles. The maximum absolute atomic E-state index is 12.7. The average Bonchev–Trinajstić information content (AvgIpc) is 3.10. The van der Waals surface area contributed by atoms with Gasteiger partial charge in [-0.25, -0.2) is 15.0 Å². The van der Waals surface area contributed by atoms with E-state index in [0.29, 0.717) is 22.2 Å². The quantitative estimate of drug-likeness (QED) is 0.542. The number of imidazole rings is 1. The van der Waals surface area contributed by atoms with Gasteiger partial charge in [-0.05, 0) is 37.0 Å². The lowest BCUT2D eigenvalue weighted by Gasteiger charge is -2.28. The van der Waals surface area contributed by atoms with Crippen LogP contribution in [0.4, 0.5) is 0 Å². The zero-order valence-electron chi connectivity index (χ0n) is 15.3. The number of carbonyl (C=O) groups is 1. The van der Waals surface area contributed by atoms with E-state index < -0.39 is 5.54 Å². The third-order valence-electron chi connectivity index (χ3n) is 4.71. The van der Waals surface area contributed by atoms with Crippen molar-refractivity contribution in [2.24, 2.45) is 10.7 Å². The number of Topliss-reactive ketones (excluding diaryl/α,β-unsaturated/α-hetero) is 1. The smallest absolute Gasteiger partial charge is 0.187 e. The Morgan fingerprint density at radius 1 is 1.43 bits per heavy atom. The number of nitrogens with zero attached hydrogens (tertiary/aromatic N) is 5. The molecule has 0 spiro atoms. The van der Waals surface area contributed by atoms with Crippen LogP contribution in [0.15, 0.2) is 41.9 Å². The van der Waals surface area contributed by atoms with Gasteiger partial charge in [0.15, 0.2) is 16.6 Å². The molecule has 28 heavy (non-hydrogen) atoms. The molecule has 0 amide bonds. The van der Waals surface area contributed by atoms with Gasteiger partial charge in [0.2, 0.25) is 0 Å². The minimum atomic E-state index is -0.464. The molecule has 0 saturated carbocycles. The molecule has 0 bridgehead atoms. The van der Waals surface area contributed by atoms with E-state index in [4.69, 9.17) is 12.2 Å². The largest absolute Gasteiger partial charge is 0.379 e. The molecule has 1 aliphatic heterocycles. The summed E-state index contributed by atoms with van der Waals surface area (Å²) in [7, 11) is 0. The van der Waals surface area contributed by atoms with Gasteiger partial charge in [0.05, 0.1) is 11.9 Å². The van der Waals surface area contributed by atoms with Gasteiger partial charge >= 0.3 is 0 Å². The first kappa shape index (κ1) is 18.2. The fraction of sp³-hybridized carbons (Fsp3) is 0.250. The molecular weight excluding hydrogens is 372 g/mol. The van der Waals surface area contributed by atoms with E-state index >= 15 is 0 Å². The van der Waals surface area contributed by atoms with Gasteiger partial charge in [-0.3, -0.25) is 9.78 Å². The summed E-state index contributed by atoms with van der Waals surface area (Å²) in [5.74, 6) is 3.28. The van der Waals surface area contributed by atoms with Crippen molar-refractivity contribution in [3.8, 4) is 12.3 Å². The number of carbonyl (C=O) groups excluding carboxylic acids is 1. The number of amidine groups is 1. The van der Waals surface area contributed by atoms with E-state index in [0.717, 1.165) is 23.4 Å². The third-order valence-corrected chi connectivity index (χ3v) is 5.51. The second kappa shape index (κ2) is 7.09. The van der Waals surface area contributed by atoms with E-state index in [9.17, 15) is 4.79 Å². The highest BCUT2D eigenvalue weighted by molar-refractivity contribution is 8.13. The number of hydrogen-bond donors (Lipinski definition) is 1. The van der Waals surface area contributed by atoms with Crippen LogP contribution >= 0.6 is 11.8 Å². The fourth-order valence-electron chi connectivity index (χ4n) is 3.14. The number of terminal acetylenes is 1. The van der Waals surface area contributed by atoms with Crippen molar-refractivity contribution in [2.75, 3.05) is 5.75 Å². The Bertz CT molecular complexity index is 1150. The van der Waals surface area contributed by atoms with Crippen LogP contribution in [0.1, 0.15) is 40.8 Å². The number of nitrogens with two attached hydrogens (primary N) is 1. The van der Waals surface area contributed by atoms with Crippen LogP contribution in [-0.4, -0.2) is 36.1 Å². The maximum atomic E-state index is 12.7. The molecule has 0 fully saturated rings. The highest BCUT2D eigenvalue weighted by atomic mass is 32.2. The van der Waals surface area contributed by atoms with Crippen LogP contribution in [0.5, 0.6) is 0 Å². The topological polar surface area (TPSA) is 98.5 Å². The number of fused-ring (bicyclic) bond motifs is 1. The molecule has 3 aromatic heterocycles. The van der Waals surface area contributed by atoms with E-state index in [2.05, 4.69) is 25.9 Å². The summed E-state index contributed by atoms with van der Waals surface area (Å²) in [4.78, 5) is 30.2. The monoisotopic (exact) mass is 390 g/mol. The van der Waals surface area contributed by atoms with Crippen LogP contribution in [0, 0.1) is 12.3 Å². The molecule has 140 valence electrons. The number of thioether (sulfide) groups is 1. The van der Waals surface area contributed by atoms with E-state index in [1.807, 2.05) is 19.1 Å². The Hall–Kier alpha value is -3.18. The van der Waals surface area contributed by atoms with Crippen molar-refractivity contribution in [1.82, 2.24) is 19.4 Å². The van der Waals surface area contributed by atoms with Crippen LogP contribution in [0.2, 0.25) is 0 Å². The van der Waals surface area contributed by atoms with Crippen molar-refractivity contribution < 1.29 is 4.79 Å². The van der Waals surface area contributed by atoms with Crippen molar-refractivity contribution in [2.45, 2.75) is 25.3 Å². The van der Waals surface area contributed by atoms with Gasteiger partial charge < -0.3 is 10.1 Å². The van der Waals surface area contributed by atoms with Gasteiger partial charge in [0.25, 0.3) is 0 Å². The summed E-state index contributed by atoms with van der Waals surface area (Å²) in [6.07, 6.45) is 13.0. The van der Waals surface area contributed by atoms with Crippen LogP contribution in [0.3, 0.4) is 0 Å². The fourth-order valence-corrected chi connectivity index (χ4v) is 4.11. The number of hydrogen-bond acceptors (Lipinski definition) is 7. The van der Waals surface area contributed by atoms with Crippen LogP contribution in [0.25, 0.3) is 5.65 Å². The summed E-state index contributed by atoms with van der Waals surface area (Å²) in [6.45, 7) is 2.02. The molecule has 1 aliphatic rings. The lowest BCUT2D eigenvalue weighted by atomic mass is 9.93. The van der Waals surface area contributed by atoms with Gasteiger partial charge in [-0.1, -0.05) is 11.8 Å². The zero-order chi connectivity index (χ0) is 19.7. The van der Waals surface area contributed by atoms with Gasteiger partial charge in [-0.15, -0.1) is 6.42 Å². The highest BCUT2D eigenvalue weighted by Gasteiger charge is 2.31. The first-order chi connectivity index (χ1) is 13.5. The number of aliphatic imine (C=N–C) groups is 1. The van der Waals surface area contributed by atoms with E-state index in [1.54, 1.807) is 40.9 Å². The van der Waals surface area contributed by atoms with Crippen molar-refractivity contribution in [3.05, 3.63) is 59.6 Å². The van der Waals surface area contributed by atoms with Crippen LogP contribution < -0.4 is 5.73 Å². The van der Waals surface area contributed by atoms with Crippen LogP contribution in [-0.2, 0) is 12.0 Å². The summed E-state index contributed by atoms with van der Waals surface area (Å²) >= 11 is 1.55. The number of pyridine rings is 1. The number of rotatable bonds is 4. The van der Waals surface area contributed by atoms with Gasteiger partial charge in [0, 0.05) is 30.8 Å². The second-order valence-electron chi connectivity index (χ2n) is 6.78. The third kappa shape index (κ3) is 3.49. The molecule has 4 heterocycles. The molecule has 4 rings (SSSR count). The van der Waals surface area contributed by atoms with Gasteiger partial charge in [-0.2, -0.15) is 0 Å². The normalized spacial score (nSPS) is 19.2. The minimum absolute atomic E-state index is 0.0950. The molecule has 0 saturated heterocycles. The summed E-state index contributed by atoms with van der Waals surface area (Å²) in [5, 5.41) is 0.571. The Morgan fingerprint density at radius 3 is 3.07 bits per heavy atom. The predicted molar refractivity (Wildman–Crippen MR) is 109 cm³/mol. The van der Waals surface area contributed by atoms with Gasteiger partial charge in [0.1, 0.15) is 16.9 Å². The molecule has 7 nitrogen and oxygen atoms in total. The molecule has 2 N–H and O–H groups in total. The Kier molecular flexibility index (Phi) is 4.61. The Morgan fingerprint density at radius 2 is 2.29 bits per heavy atom. The SMILES string of the molecule is C#Cc1cn2cc(C(=O)Cc3ccnc([C@]4(C)CCSC(N)=N4)c3)ncc2n1. The number of ketones is 1. The zero-order valence-corrected chi connectivity index (χ0v) is 16.1. The second-order valence-corrected chi connectivity index (χ2v) is 7.90. The highest BCUT2D eigenvalue weighted by Crippen LogP contribution is 2.34. The molecule has 0 aromatic carbocycles. The first-order valence-electron chi connectivity index (χ1n) is 8.75. The molecule has 8 heteroatoms. The number of aromatic nitrogens is 4. The lowest BCUT2D eigenvalue weighted by molar-refractivity contribution is 0.0987. The summed E-state index contributed by atoms with van der Waals surface area (Å²) < 4.78 is 1.71. The molecule has 0 unspecified atom stereocenters. The predicted octanol–water partition coefficient (Wildman–Crippen LogP) is 2.20. The van der Waals surface area contributed by atoms with Crippen molar-refractivity contribution >= 4 is 28.4 Å². The first-order valence-corrected chi connectivity index (χ1v) is 9.73.